The fourth-order valence-electron chi connectivity index (χ4n) is 0.654. The maximum Gasteiger partial charge on any atom is 0.108 e. The van der Waals surface area contributed by atoms with Crippen molar-refractivity contribution < 1.29 is 0 Å². The molecule has 1 heterocycles. The van der Waals surface area contributed by atoms with E-state index in [9.17, 15) is 0 Å². The van der Waals surface area contributed by atoms with Gasteiger partial charge in [0.2, 0.25) is 0 Å². The second kappa shape index (κ2) is 4.51. The molecule has 0 aromatic carbocycles. The summed E-state index contributed by atoms with van der Waals surface area (Å²) in [6.07, 6.45) is 0.870. The van der Waals surface area contributed by atoms with Crippen molar-refractivity contribution in [3.63, 3.8) is 0 Å². The quantitative estimate of drug-likeness (QED) is 0.692. The lowest BCUT2D eigenvalue weighted by Crippen LogP contribution is -2.15. The van der Waals surface area contributed by atoms with Crippen molar-refractivity contribution >= 4 is 22.9 Å². The van der Waals surface area contributed by atoms with Gasteiger partial charge in [0.15, 0.2) is 0 Å². The molecule has 0 aliphatic heterocycles. The summed E-state index contributed by atoms with van der Waals surface area (Å²) in [5.74, 6) is 5.87. The zero-order chi connectivity index (χ0) is 8.97. The Hall–Kier alpha value is -0.490. The van der Waals surface area contributed by atoms with Crippen LogP contribution in [0.15, 0.2) is 11.4 Å². The lowest BCUT2D eigenvalue weighted by molar-refractivity contribution is 0.806. The van der Waals surface area contributed by atoms with Gasteiger partial charge in [0.05, 0.1) is 11.6 Å². The van der Waals surface area contributed by atoms with Crippen LogP contribution in [0.5, 0.6) is 0 Å². The lowest BCUT2D eigenvalue weighted by Gasteiger charge is -1.94. The Labute approximate surface area is 81.5 Å². The van der Waals surface area contributed by atoms with Crippen LogP contribution in [0.2, 0.25) is 4.34 Å². The molecule has 0 aliphatic carbocycles. The molecule has 12 heavy (non-hydrogen) atoms. The van der Waals surface area contributed by atoms with Crippen molar-refractivity contribution in [1.29, 1.82) is 0 Å². The molecule has 0 bridgehead atoms. The third-order valence-electron chi connectivity index (χ3n) is 1.45. The van der Waals surface area contributed by atoms with Gasteiger partial charge in [-0.3, -0.25) is 0 Å². The number of rotatable bonds is 1. The molecule has 1 aromatic heterocycles. The molecule has 0 aliphatic rings. The van der Waals surface area contributed by atoms with Crippen LogP contribution in [-0.4, -0.2) is 6.04 Å². The minimum atomic E-state index is -0.0408. The first-order valence-electron chi connectivity index (χ1n) is 3.74. The van der Waals surface area contributed by atoms with E-state index in [0.717, 1.165) is 16.3 Å². The molecule has 1 aromatic rings. The predicted molar refractivity (Wildman–Crippen MR) is 54.5 cm³/mol. The van der Waals surface area contributed by atoms with Crippen molar-refractivity contribution in [2.24, 2.45) is 5.73 Å². The van der Waals surface area contributed by atoms with Crippen LogP contribution in [0.25, 0.3) is 0 Å². The average molecular weight is 200 g/mol. The summed E-state index contributed by atoms with van der Waals surface area (Å²) in [7, 11) is 0. The monoisotopic (exact) mass is 199 g/mol. The maximum atomic E-state index is 5.84. The molecule has 0 saturated heterocycles. The van der Waals surface area contributed by atoms with Crippen LogP contribution >= 0.6 is 22.9 Å². The Morgan fingerprint density at radius 1 is 1.75 bits per heavy atom. The first kappa shape index (κ1) is 9.60. The zero-order valence-electron chi connectivity index (χ0n) is 6.80. The molecule has 64 valence electrons. The molecular weight excluding hydrogens is 190 g/mol. The van der Waals surface area contributed by atoms with Crippen LogP contribution in [0.3, 0.4) is 0 Å². The second-order valence-corrected chi connectivity index (χ2v) is 3.91. The predicted octanol–water partition coefficient (Wildman–Crippen LogP) is 2.49. The number of hydrogen-bond acceptors (Lipinski definition) is 2. The highest BCUT2D eigenvalue weighted by molar-refractivity contribution is 7.14. The third kappa shape index (κ3) is 2.53. The van der Waals surface area contributed by atoms with Crippen LogP contribution in [-0.2, 0) is 0 Å². The minimum Gasteiger partial charge on any atom is -0.318 e. The average Bonchev–Trinajstić information content (AvgIpc) is 2.47. The summed E-state index contributed by atoms with van der Waals surface area (Å²) in [6.45, 7) is 2.01. The van der Waals surface area contributed by atoms with E-state index in [4.69, 9.17) is 17.3 Å². The van der Waals surface area contributed by atoms with E-state index >= 15 is 0 Å². The van der Waals surface area contributed by atoms with Gasteiger partial charge in [-0.25, -0.2) is 0 Å². The number of halogens is 1. The Morgan fingerprint density at radius 2 is 2.50 bits per heavy atom. The molecule has 2 N–H and O–H groups in total. The highest BCUT2D eigenvalue weighted by Crippen LogP contribution is 2.21. The number of hydrogen-bond donors (Lipinski definition) is 1. The summed E-state index contributed by atoms with van der Waals surface area (Å²) in [5.41, 5.74) is 6.51. The molecule has 0 fully saturated rings. The van der Waals surface area contributed by atoms with E-state index in [-0.39, 0.29) is 6.04 Å². The summed E-state index contributed by atoms with van der Waals surface area (Å²) in [5, 5.41) is 1.92. The van der Waals surface area contributed by atoms with Crippen LogP contribution in [0, 0.1) is 11.8 Å². The Balaban J connectivity index is 2.72. The van der Waals surface area contributed by atoms with Crippen LogP contribution < -0.4 is 5.73 Å². The van der Waals surface area contributed by atoms with Crippen molar-refractivity contribution in [3.05, 3.63) is 21.3 Å². The molecule has 0 saturated carbocycles. The first-order valence-corrected chi connectivity index (χ1v) is 5.00. The maximum absolute atomic E-state index is 5.84. The van der Waals surface area contributed by atoms with Gasteiger partial charge < -0.3 is 5.73 Å². The van der Waals surface area contributed by atoms with E-state index in [2.05, 4.69) is 11.8 Å². The Bertz CT molecular complexity index is 308. The smallest absolute Gasteiger partial charge is 0.108 e. The van der Waals surface area contributed by atoms with E-state index in [1.165, 1.54) is 11.3 Å². The molecule has 1 rings (SSSR count). The van der Waals surface area contributed by atoms with Crippen LogP contribution in [0.1, 0.15) is 18.9 Å². The highest BCUT2D eigenvalue weighted by atomic mass is 35.5. The molecule has 1 unspecified atom stereocenters. The van der Waals surface area contributed by atoms with Gasteiger partial charge in [0, 0.05) is 0 Å². The fraction of sp³-hybridized carbons (Fsp3) is 0.333. The molecule has 0 spiro atoms. The highest BCUT2D eigenvalue weighted by Gasteiger charge is 1.96. The van der Waals surface area contributed by atoms with Gasteiger partial charge in [0.25, 0.3) is 0 Å². The van der Waals surface area contributed by atoms with E-state index in [0.29, 0.717) is 0 Å². The normalized spacial score (nSPS) is 11.9. The lowest BCUT2D eigenvalue weighted by atomic mass is 10.2. The van der Waals surface area contributed by atoms with Crippen molar-refractivity contribution in [3.8, 4) is 11.8 Å². The topological polar surface area (TPSA) is 26.0 Å². The van der Waals surface area contributed by atoms with Gasteiger partial charge in [-0.05, 0) is 17.9 Å². The first-order chi connectivity index (χ1) is 5.74. The summed E-state index contributed by atoms with van der Waals surface area (Å²) < 4.78 is 0.741. The van der Waals surface area contributed by atoms with Crippen molar-refractivity contribution in [2.75, 3.05) is 0 Å². The molecule has 1 atom stereocenters. The SMILES string of the molecule is CCC(N)C#Cc1ccsc1Cl. The van der Waals surface area contributed by atoms with E-state index in [1.54, 1.807) is 0 Å². The molecule has 1 nitrogen and oxygen atoms in total. The Kier molecular flexibility index (Phi) is 3.61. The van der Waals surface area contributed by atoms with Crippen LogP contribution in [0.4, 0.5) is 0 Å². The fourth-order valence-corrected chi connectivity index (χ4v) is 1.49. The zero-order valence-corrected chi connectivity index (χ0v) is 8.38. The Morgan fingerprint density at radius 3 is 3.00 bits per heavy atom. The number of thiophene rings is 1. The second-order valence-electron chi connectivity index (χ2n) is 2.39. The molecule has 0 amide bonds. The van der Waals surface area contributed by atoms with E-state index < -0.39 is 0 Å². The van der Waals surface area contributed by atoms with Gasteiger partial charge in [-0.2, -0.15) is 0 Å². The standard InChI is InChI=1S/C9H10ClNS/c1-2-8(11)4-3-7-5-6-12-9(7)10/h5-6,8H,2,11H2,1H3. The van der Waals surface area contributed by atoms with Gasteiger partial charge >= 0.3 is 0 Å². The molecule has 3 heteroatoms. The summed E-state index contributed by atoms with van der Waals surface area (Å²) in [6, 6.07) is 1.86. The minimum absolute atomic E-state index is 0.0408. The van der Waals surface area contributed by atoms with Gasteiger partial charge in [-0.1, -0.05) is 30.4 Å². The van der Waals surface area contributed by atoms with Gasteiger partial charge in [-0.15, -0.1) is 11.3 Å². The number of nitrogens with two attached hydrogens (primary N) is 1. The third-order valence-corrected chi connectivity index (χ3v) is 2.62. The summed E-state index contributed by atoms with van der Waals surface area (Å²) in [4.78, 5) is 0. The largest absolute Gasteiger partial charge is 0.318 e. The van der Waals surface area contributed by atoms with Crippen molar-refractivity contribution in [1.82, 2.24) is 0 Å². The van der Waals surface area contributed by atoms with Gasteiger partial charge in [0.1, 0.15) is 4.34 Å². The summed E-state index contributed by atoms with van der Waals surface area (Å²) >= 11 is 7.33. The molecular formula is C9H10ClNS. The molecule has 0 radical (unpaired) electrons. The van der Waals surface area contributed by atoms with Crippen molar-refractivity contribution in [2.45, 2.75) is 19.4 Å². The van der Waals surface area contributed by atoms with E-state index in [1.807, 2.05) is 18.4 Å².